The maximum atomic E-state index is 12.6. The molecule has 112 valence electrons. The Balaban J connectivity index is 2.67. The number of aromatic nitrogens is 2. The molecule has 1 unspecified atom stereocenters. The minimum absolute atomic E-state index is 0.0507. The molecule has 1 atom stereocenters. The van der Waals surface area contributed by atoms with E-state index in [-0.39, 0.29) is 17.8 Å². The molecule has 0 aliphatic rings. The Bertz CT molecular complexity index is 747. The largest absolute Gasteiger partial charge is 0.383 e. The number of hydrogen-bond acceptors (Lipinski definition) is 3. The molecule has 2 rings (SSSR count). The summed E-state index contributed by atoms with van der Waals surface area (Å²) in [4.78, 5) is 27.1. The van der Waals surface area contributed by atoms with Crippen molar-refractivity contribution in [1.82, 2.24) is 9.55 Å². The molecule has 21 heavy (non-hydrogen) atoms. The second kappa shape index (κ2) is 6.28. The van der Waals surface area contributed by atoms with Crippen molar-refractivity contribution in [2.75, 3.05) is 13.7 Å². The quantitative estimate of drug-likeness (QED) is 0.882. The van der Waals surface area contributed by atoms with Gasteiger partial charge in [-0.15, -0.1) is 0 Å². The monoisotopic (exact) mass is 308 g/mol. The number of halogens is 1. The molecule has 0 spiro atoms. The lowest BCUT2D eigenvalue weighted by atomic mass is 10.1. The molecule has 2 aromatic rings. The molecule has 5 nitrogen and oxygen atoms in total. The van der Waals surface area contributed by atoms with E-state index in [0.717, 1.165) is 10.1 Å². The maximum Gasteiger partial charge on any atom is 0.329 e. The molecule has 0 saturated carbocycles. The van der Waals surface area contributed by atoms with E-state index in [1.54, 1.807) is 6.92 Å². The summed E-state index contributed by atoms with van der Waals surface area (Å²) in [5.74, 6) is 0. The molecule has 0 amide bonds. The normalized spacial score (nSPS) is 12.4. The van der Waals surface area contributed by atoms with Gasteiger partial charge < -0.3 is 4.74 Å². The van der Waals surface area contributed by atoms with Crippen molar-refractivity contribution in [3.63, 3.8) is 0 Å². The van der Waals surface area contributed by atoms with Crippen LogP contribution in [0.3, 0.4) is 0 Å². The number of aromatic amines is 1. The molecule has 0 aliphatic carbocycles. The van der Waals surface area contributed by atoms with Crippen LogP contribution in [0.2, 0.25) is 5.15 Å². The Morgan fingerprint density at radius 2 is 1.90 bits per heavy atom. The van der Waals surface area contributed by atoms with Gasteiger partial charge in [0.15, 0.2) is 0 Å². The zero-order valence-electron chi connectivity index (χ0n) is 12.1. The Kier molecular flexibility index (Phi) is 4.65. The summed E-state index contributed by atoms with van der Waals surface area (Å²) in [7, 11) is 1.52. The van der Waals surface area contributed by atoms with Crippen LogP contribution < -0.4 is 11.2 Å². The molecule has 0 saturated heterocycles. The highest BCUT2D eigenvalue weighted by Crippen LogP contribution is 2.22. The van der Waals surface area contributed by atoms with Crippen LogP contribution in [-0.2, 0) is 4.74 Å². The van der Waals surface area contributed by atoms with Gasteiger partial charge in [-0.3, -0.25) is 14.3 Å². The van der Waals surface area contributed by atoms with Gasteiger partial charge in [-0.25, -0.2) is 4.79 Å². The smallest absolute Gasteiger partial charge is 0.329 e. The number of nitrogens with zero attached hydrogens (tertiary/aromatic N) is 1. The van der Waals surface area contributed by atoms with Gasteiger partial charge in [0.25, 0.3) is 5.56 Å². The fourth-order valence-corrected chi connectivity index (χ4v) is 2.48. The number of aryl methyl sites for hydroxylation is 1. The number of hydrogen-bond donors (Lipinski definition) is 1. The number of benzene rings is 1. The molecular weight excluding hydrogens is 292 g/mol. The summed E-state index contributed by atoms with van der Waals surface area (Å²) in [6.45, 7) is 3.96. The third-order valence-electron chi connectivity index (χ3n) is 3.28. The van der Waals surface area contributed by atoms with Crippen molar-refractivity contribution >= 4 is 11.6 Å². The van der Waals surface area contributed by atoms with Gasteiger partial charge in [0.1, 0.15) is 5.15 Å². The molecule has 6 heteroatoms. The van der Waals surface area contributed by atoms with Gasteiger partial charge in [-0.1, -0.05) is 41.4 Å². The van der Waals surface area contributed by atoms with Crippen LogP contribution in [0.15, 0.2) is 33.9 Å². The Morgan fingerprint density at radius 3 is 2.48 bits per heavy atom. The van der Waals surface area contributed by atoms with Crippen LogP contribution in [0.4, 0.5) is 0 Å². The fraction of sp³-hybridized carbons (Fsp3) is 0.333. The number of nitrogens with one attached hydrogen (secondary N) is 1. The summed E-state index contributed by atoms with van der Waals surface area (Å²) in [5.41, 5.74) is 1.08. The molecule has 0 bridgehead atoms. The maximum absolute atomic E-state index is 12.6. The van der Waals surface area contributed by atoms with Gasteiger partial charge in [0, 0.05) is 7.11 Å². The third-order valence-corrected chi connectivity index (χ3v) is 3.56. The van der Waals surface area contributed by atoms with Crippen molar-refractivity contribution in [3.8, 4) is 11.1 Å². The van der Waals surface area contributed by atoms with Gasteiger partial charge in [0.05, 0.1) is 18.2 Å². The van der Waals surface area contributed by atoms with E-state index in [0.29, 0.717) is 11.1 Å². The van der Waals surface area contributed by atoms with Crippen molar-refractivity contribution in [1.29, 1.82) is 0 Å². The van der Waals surface area contributed by atoms with Crippen LogP contribution >= 0.6 is 11.6 Å². The Labute approximate surface area is 127 Å². The highest BCUT2D eigenvalue weighted by molar-refractivity contribution is 6.32. The lowest BCUT2D eigenvalue weighted by molar-refractivity contribution is 0.159. The highest BCUT2D eigenvalue weighted by atomic mass is 35.5. The van der Waals surface area contributed by atoms with E-state index in [9.17, 15) is 9.59 Å². The van der Waals surface area contributed by atoms with Crippen LogP contribution in [0.1, 0.15) is 18.5 Å². The van der Waals surface area contributed by atoms with E-state index in [4.69, 9.17) is 16.3 Å². The van der Waals surface area contributed by atoms with Crippen molar-refractivity contribution in [2.24, 2.45) is 0 Å². The summed E-state index contributed by atoms with van der Waals surface area (Å²) in [6.07, 6.45) is 0. The number of rotatable bonds is 4. The zero-order chi connectivity index (χ0) is 15.6. The van der Waals surface area contributed by atoms with Crippen LogP contribution in [0.5, 0.6) is 0 Å². The van der Waals surface area contributed by atoms with Crippen LogP contribution in [0, 0.1) is 6.92 Å². The minimum Gasteiger partial charge on any atom is -0.383 e. The average Bonchev–Trinajstić information content (AvgIpc) is 2.40. The molecule has 1 heterocycles. The number of H-pyrrole nitrogens is 1. The predicted molar refractivity (Wildman–Crippen MR) is 83.1 cm³/mol. The first kappa shape index (κ1) is 15.5. The first-order chi connectivity index (χ1) is 9.95. The van der Waals surface area contributed by atoms with E-state index >= 15 is 0 Å². The van der Waals surface area contributed by atoms with E-state index in [1.165, 1.54) is 7.11 Å². The molecule has 1 aromatic heterocycles. The molecule has 1 aromatic carbocycles. The lowest BCUT2D eigenvalue weighted by Gasteiger charge is -2.15. The molecule has 0 fully saturated rings. The second-order valence-electron chi connectivity index (χ2n) is 4.96. The number of ether oxygens (including phenoxy) is 1. The second-order valence-corrected chi connectivity index (χ2v) is 5.34. The predicted octanol–water partition coefficient (Wildman–Crippen LogP) is 2.37. The van der Waals surface area contributed by atoms with Crippen molar-refractivity contribution < 1.29 is 4.74 Å². The number of methoxy groups -OCH3 is 1. The topological polar surface area (TPSA) is 64.1 Å². The van der Waals surface area contributed by atoms with Crippen molar-refractivity contribution in [3.05, 3.63) is 55.8 Å². The summed E-state index contributed by atoms with van der Waals surface area (Å²) < 4.78 is 6.14. The first-order valence-corrected chi connectivity index (χ1v) is 6.93. The lowest BCUT2D eigenvalue weighted by Crippen LogP contribution is -2.39. The van der Waals surface area contributed by atoms with E-state index in [1.807, 2.05) is 31.2 Å². The zero-order valence-corrected chi connectivity index (χ0v) is 12.9. The summed E-state index contributed by atoms with van der Waals surface area (Å²) in [6, 6.07) is 7.01. The average molecular weight is 309 g/mol. The van der Waals surface area contributed by atoms with Crippen molar-refractivity contribution in [2.45, 2.75) is 19.9 Å². The van der Waals surface area contributed by atoms with Crippen LogP contribution in [-0.4, -0.2) is 23.3 Å². The fourth-order valence-electron chi connectivity index (χ4n) is 2.21. The van der Waals surface area contributed by atoms with E-state index < -0.39 is 11.2 Å². The molecular formula is C15H17ClN2O3. The van der Waals surface area contributed by atoms with Gasteiger partial charge in [-0.2, -0.15) is 0 Å². The molecule has 0 radical (unpaired) electrons. The SMILES string of the molecule is COCC(C)n1c(=O)[nH]c(Cl)c(-c2ccc(C)cc2)c1=O. The first-order valence-electron chi connectivity index (χ1n) is 6.56. The molecule has 1 N–H and O–H groups in total. The molecule has 0 aliphatic heterocycles. The summed E-state index contributed by atoms with van der Waals surface area (Å²) >= 11 is 6.06. The Morgan fingerprint density at radius 1 is 1.29 bits per heavy atom. The summed E-state index contributed by atoms with van der Waals surface area (Å²) in [5, 5.41) is 0.0507. The van der Waals surface area contributed by atoms with Gasteiger partial charge in [-0.05, 0) is 19.4 Å². The Hall–Kier alpha value is -1.85. The third kappa shape index (κ3) is 3.09. The highest BCUT2D eigenvalue weighted by Gasteiger charge is 2.18. The standard InChI is InChI=1S/C15H17ClN2O3/c1-9-4-6-11(7-5-9)12-13(16)17-15(20)18(14(12)19)10(2)8-21-3/h4-7,10H,8H2,1-3H3,(H,17,20). The van der Waals surface area contributed by atoms with Gasteiger partial charge >= 0.3 is 5.69 Å². The van der Waals surface area contributed by atoms with Crippen LogP contribution in [0.25, 0.3) is 11.1 Å². The minimum atomic E-state index is -0.537. The van der Waals surface area contributed by atoms with Gasteiger partial charge in [0.2, 0.25) is 0 Å². The van der Waals surface area contributed by atoms with E-state index in [2.05, 4.69) is 4.98 Å².